The summed E-state index contributed by atoms with van der Waals surface area (Å²) in [5.41, 5.74) is 1.17. The molecule has 0 spiro atoms. The summed E-state index contributed by atoms with van der Waals surface area (Å²) >= 11 is 0. The Hall–Kier alpha value is -1.12. The van der Waals surface area contributed by atoms with Crippen LogP contribution in [-0.4, -0.2) is 15.6 Å². The second-order valence-electron chi connectivity index (χ2n) is 4.32. The van der Waals surface area contributed by atoms with Gasteiger partial charge in [-0.1, -0.05) is 54.6 Å². The lowest BCUT2D eigenvalue weighted by molar-refractivity contribution is 0.292. The molecule has 1 saturated heterocycles. The van der Waals surface area contributed by atoms with Crippen LogP contribution in [0.25, 0.3) is 6.08 Å². The van der Waals surface area contributed by atoms with E-state index in [4.69, 9.17) is 4.43 Å². The lowest BCUT2D eigenvalue weighted by Crippen LogP contribution is -2.24. The van der Waals surface area contributed by atoms with Gasteiger partial charge in [0.15, 0.2) is 0 Å². The first kappa shape index (κ1) is 13.9. The van der Waals surface area contributed by atoms with Crippen LogP contribution in [0, 0.1) is 0 Å². The molecule has 0 aromatic heterocycles. The highest BCUT2D eigenvalue weighted by Gasteiger charge is 2.15. The van der Waals surface area contributed by atoms with Crippen molar-refractivity contribution < 1.29 is 4.43 Å². The second-order valence-corrected chi connectivity index (χ2v) is 7.19. The Morgan fingerprint density at radius 2 is 2.00 bits per heavy atom. The van der Waals surface area contributed by atoms with Crippen molar-refractivity contribution in [3.8, 4) is 0 Å². The van der Waals surface area contributed by atoms with Crippen LogP contribution >= 0.6 is 0 Å². The molecule has 1 aromatic rings. The molecular formula is C15H22OSi. The van der Waals surface area contributed by atoms with Crippen LogP contribution in [0.1, 0.15) is 25.3 Å². The fourth-order valence-electron chi connectivity index (χ4n) is 1.72. The Morgan fingerprint density at radius 1 is 1.29 bits per heavy atom. The molecule has 1 fully saturated rings. The van der Waals surface area contributed by atoms with E-state index in [-0.39, 0.29) is 0 Å². The van der Waals surface area contributed by atoms with Crippen molar-refractivity contribution in [2.24, 2.45) is 0 Å². The second kappa shape index (κ2) is 8.04. The normalized spacial score (nSPS) is 18.8. The summed E-state index contributed by atoms with van der Waals surface area (Å²) < 4.78 is 5.58. The van der Waals surface area contributed by atoms with Crippen LogP contribution < -0.4 is 0 Å². The number of hydrogen-bond donors (Lipinski definition) is 0. The largest absolute Gasteiger partial charge is 0.416 e. The van der Waals surface area contributed by atoms with Gasteiger partial charge in [-0.05, 0) is 25.0 Å². The summed E-state index contributed by atoms with van der Waals surface area (Å²) in [5.74, 6) is 0. The average Bonchev–Trinajstić information content (AvgIpc) is 2.41. The van der Waals surface area contributed by atoms with Crippen LogP contribution in [0.2, 0.25) is 6.04 Å². The van der Waals surface area contributed by atoms with Crippen molar-refractivity contribution in [3.05, 3.63) is 54.2 Å². The summed E-state index contributed by atoms with van der Waals surface area (Å²) in [6.07, 6.45) is 4.46. The first-order valence-electron chi connectivity index (χ1n) is 6.18. The molecule has 2 rings (SSSR count). The fraction of sp³-hybridized carbons (Fsp3) is 0.333. The van der Waals surface area contributed by atoms with Gasteiger partial charge in [0.2, 0.25) is 9.04 Å². The van der Waals surface area contributed by atoms with Crippen molar-refractivity contribution in [2.45, 2.75) is 25.8 Å². The van der Waals surface area contributed by atoms with Crippen LogP contribution in [0.3, 0.4) is 0 Å². The van der Waals surface area contributed by atoms with Crippen LogP contribution in [0.5, 0.6) is 0 Å². The van der Waals surface area contributed by atoms with Crippen molar-refractivity contribution >= 4 is 15.1 Å². The minimum atomic E-state index is -0.894. The van der Waals surface area contributed by atoms with Gasteiger partial charge in [0.1, 0.15) is 0 Å². The molecule has 0 saturated carbocycles. The SMILES string of the molecule is C=C(C)[SiH]1CCCCO1.C=Cc1ccccc1. The molecule has 92 valence electrons. The van der Waals surface area contributed by atoms with Crippen molar-refractivity contribution in [1.82, 2.24) is 0 Å². The molecular weight excluding hydrogens is 224 g/mol. The summed E-state index contributed by atoms with van der Waals surface area (Å²) in [4.78, 5) is 0. The first-order valence-corrected chi connectivity index (χ1v) is 8.05. The van der Waals surface area contributed by atoms with Gasteiger partial charge in [0.05, 0.1) is 0 Å². The molecule has 0 N–H and O–H groups in total. The molecule has 1 unspecified atom stereocenters. The quantitative estimate of drug-likeness (QED) is 0.718. The van der Waals surface area contributed by atoms with Crippen LogP contribution in [0.15, 0.2) is 48.7 Å². The van der Waals surface area contributed by atoms with E-state index in [1.807, 2.05) is 36.4 Å². The minimum absolute atomic E-state index is 0.894. The van der Waals surface area contributed by atoms with Crippen molar-refractivity contribution in [2.75, 3.05) is 6.61 Å². The Labute approximate surface area is 107 Å². The summed E-state index contributed by atoms with van der Waals surface area (Å²) in [7, 11) is -0.894. The van der Waals surface area contributed by atoms with Gasteiger partial charge in [-0.3, -0.25) is 0 Å². The van der Waals surface area contributed by atoms with E-state index >= 15 is 0 Å². The lowest BCUT2D eigenvalue weighted by Gasteiger charge is -2.20. The lowest BCUT2D eigenvalue weighted by atomic mass is 10.2. The van der Waals surface area contributed by atoms with E-state index < -0.39 is 9.04 Å². The molecule has 0 amide bonds. The number of rotatable bonds is 2. The zero-order valence-electron chi connectivity index (χ0n) is 10.7. The zero-order chi connectivity index (χ0) is 12.5. The van der Waals surface area contributed by atoms with Gasteiger partial charge >= 0.3 is 0 Å². The van der Waals surface area contributed by atoms with E-state index in [0.717, 1.165) is 6.61 Å². The van der Waals surface area contributed by atoms with E-state index in [1.165, 1.54) is 29.6 Å². The Kier molecular flexibility index (Phi) is 6.59. The minimum Gasteiger partial charge on any atom is -0.416 e. The van der Waals surface area contributed by atoms with Gasteiger partial charge in [-0.15, -0.1) is 6.58 Å². The van der Waals surface area contributed by atoms with Gasteiger partial charge in [-0.25, -0.2) is 0 Å². The van der Waals surface area contributed by atoms with Gasteiger partial charge in [0, 0.05) is 6.61 Å². The summed E-state index contributed by atoms with van der Waals surface area (Å²) in [6.45, 7) is 10.6. The molecule has 2 heteroatoms. The topological polar surface area (TPSA) is 9.23 Å². The summed E-state index contributed by atoms with van der Waals surface area (Å²) in [5, 5.41) is 1.31. The monoisotopic (exact) mass is 246 g/mol. The smallest absolute Gasteiger partial charge is 0.203 e. The molecule has 1 nitrogen and oxygen atoms in total. The van der Waals surface area contributed by atoms with Gasteiger partial charge in [0.25, 0.3) is 0 Å². The van der Waals surface area contributed by atoms with Crippen LogP contribution in [-0.2, 0) is 4.43 Å². The van der Waals surface area contributed by atoms with E-state index in [9.17, 15) is 0 Å². The third-order valence-electron chi connectivity index (χ3n) is 2.76. The Bertz CT molecular complexity index is 339. The predicted molar refractivity (Wildman–Crippen MR) is 78.5 cm³/mol. The highest BCUT2D eigenvalue weighted by molar-refractivity contribution is 6.60. The van der Waals surface area contributed by atoms with Gasteiger partial charge in [-0.2, -0.15) is 0 Å². The molecule has 1 aliphatic heterocycles. The van der Waals surface area contributed by atoms with Crippen molar-refractivity contribution in [1.29, 1.82) is 0 Å². The Morgan fingerprint density at radius 3 is 2.35 bits per heavy atom. The van der Waals surface area contributed by atoms with Crippen LogP contribution in [0.4, 0.5) is 0 Å². The predicted octanol–water partition coefficient (Wildman–Crippen LogP) is 3.97. The standard InChI is InChI=1S/C8H8.C7H14OSi/c1-2-8-6-4-3-5-7-8;1-7(2)9-6-4-3-5-8-9/h2-7H,1H2;9H,1,3-6H2,2H3. The van der Waals surface area contributed by atoms with E-state index in [0.29, 0.717) is 0 Å². The maximum Gasteiger partial charge on any atom is 0.203 e. The van der Waals surface area contributed by atoms with E-state index in [1.54, 1.807) is 0 Å². The number of benzene rings is 1. The maximum absolute atomic E-state index is 5.58. The molecule has 1 atom stereocenters. The molecule has 1 aliphatic rings. The maximum atomic E-state index is 5.58. The summed E-state index contributed by atoms with van der Waals surface area (Å²) in [6, 6.07) is 11.3. The third-order valence-corrected chi connectivity index (χ3v) is 5.43. The third kappa shape index (κ3) is 5.66. The fourth-order valence-corrected chi connectivity index (χ4v) is 3.77. The highest BCUT2D eigenvalue weighted by atomic mass is 28.3. The van der Waals surface area contributed by atoms with Crippen molar-refractivity contribution in [3.63, 3.8) is 0 Å². The zero-order valence-corrected chi connectivity index (χ0v) is 11.8. The molecule has 1 heterocycles. The molecule has 0 aliphatic carbocycles. The highest BCUT2D eigenvalue weighted by Crippen LogP contribution is 2.14. The molecule has 1 aromatic carbocycles. The first-order chi connectivity index (χ1) is 8.24. The number of allylic oxidation sites excluding steroid dienone is 1. The van der Waals surface area contributed by atoms with Gasteiger partial charge < -0.3 is 4.43 Å². The van der Waals surface area contributed by atoms with E-state index in [2.05, 4.69) is 20.1 Å². The molecule has 17 heavy (non-hydrogen) atoms. The Balaban J connectivity index is 0.000000171. The molecule has 0 bridgehead atoms. The number of hydrogen-bond acceptors (Lipinski definition) is 1. The average molecular weight is 246 g/mol. The molecule has 0 radical (unpaired) electrons.